The molecule has 200 valence electrons. The molecule has 0 aromatic heterocycles. The molecule has 5 nitrogen and oxygen atoms in total. The van der Waals surface area contributed by atoms with Gasteiger partial charge in [0.25, 0.3) is 0 Å². The summed E-state index contributed by atoms with van der Waals surface area (Å²) in [4.78, 5) is 4.87. The van der Waals surface area contributed by atoms with Crippen molar-refractivity contribution in [3.05, 3.63) is 144 Å². The Hall–Kier alpha value is -3.61. The lowest BCUT2D eigenvalue weighted by Crippen LogP contribution is -2.53. The van der Waals surface area contributed by atoms with Crippen LogP contribution >= 0.6 is 0 Å². The lowest BCUT2D eigenvalue weighted by molar-refractivity contribution is -0.149. The van der Waals surface area contributed by atoms with Gasteiger partial charge in [-0.05, 0) is 22.3 Å². The van der Waals surface area contributed by atoms with Gasteiger partial charge in [0.1, 0.15) is 24.4 Å². The highest BCUT2D eigenvalue weighted by Gasteiger charge is 2.40. The van der Waals surface area contributed by atoms with Crippen molar-refractivity contribution < 1.29 is 18.9 Å². The zero-order chi connectivity index (χ0) is 26.5. The summed E-state index contributed by atoms with van der Waals surface area (Å²) >= 11 is 0. The van der Waals surface area contributed by atoms with Gasteiger partial charge < -0.3 is 18.9 Å². The minimum absolute atomic E-state index is 0.227. The average molecular weight is 522 g/mol. The predicted molar refractivity (Wildman–Crippen MR) is 153 cm³/mol. The standard InChI is InChI=1S/C34H35NO4/c1-5-13-27(14-6-1)22-36-26-31-33(38-24-29-17-9-3-10-18-29)34(39-25-30-19-11-4-12-20-30)32(21-35-31)37-23-28-15-7-2-8-16-28/h1-21,31-34H,22-26H2/t31-,32+,33-,34-/m1/s1. The third-order valence-corrected chi connectivity index (χ3v) is 6.71. The SMILES string of the molecule is C1=N[C@H](COCc2ccccc2)[C@@H](OCc2ccccc2)[C@H](OCc2ccccc2)[C@H]1OCc1ccccc1. The fourth-order valence-electron chi connectivity index (χ4n) is 4.61. The molecule has 0 saturated carbocycles. The molecule has 0 saturated heterocycles. The molecule has 0 radical (unpaired) electrons. The number of hydrogen-bond donors (Lipinski definition) is 0. The van der Waals surface area contributed by atoms with E-state index in [4.69, 9.17) is 23.9 Å². The van der Waals surface area contributed by atoms with Crippen LogP contribution in [0.15, 0.2) is 126 Å². The van der Waals surface area contributed by atoms with Crippen molar-refractivity contribution in [2.24, 2.45) is 4.99 Å². The number of hydrogen-bond acceptors (Lipinski definition) is 5. The molecule has 1 heterocycles. The molecule has 0 fully saturated rings. The van der Waals surface area contributed by atoms with Crippen molar-refractivity contribution in [3.8, 4) is 0 Å². The van der Waals surface area contributed by atoms with Gasteiger partial charge in [0.15, 0.2) is 0 Å². The van der Waals surface area contributed by atoms with E-state index < -0.39 is 0 Å². The highest BCUT2D eigenvalue weighted by Crippen LogP contribution is 2.25. The van der Waals surface area contributed by atoms with Gasteiger partial charge in [-0.2, -0.15) is 0 Å². The van der Waals surface area contributed by atoms with Gasteiger partial charge in [0.2, 0.25) is 0 Å². The molecule has 0 spiro atoms. The van der Waals surface area contributed by atoms with Crippen LogP contribution in [0.2, 0.25) is 0 Å². The fraction of sp³-hybridized carbons (Fsp3) is 0.265. The van der Waals surface area contributed by atoms with E-state index in [1.54, 1.807) is 0 Å². The maximum Gasteiger partial charge on any atom is 0.121 e. The number of benzene rings is 4. The molecule has 1 aliphatic rings. The Labute approximate surface area is 231 Å². The van der Waals surface area contributed by atoms with Gasteiger partial charge in [-0.1, -0.05) is 121 Å². The lowest BCUT2D eigenvalue weighted by atomic mass is 9.97. The highest BCUT2D eigenvalue weighted by atomic mass is 16.6. The summed E-state index contributed by atoms with van der Waals surface area (Å²) in [6.07, 6.45) is 0.799. The maximum atomic E-state index is 6.57. The maximum absolute atomic E-state index is 6.57. The first-order valence-corrected chi connectivity index (χ1v) is 13.5. The zero-order valence-electron chi connectivity index (χ0n) is 22.0. The van der Waals surface area contributed by atoms with E-state index in [0.29, 0.717) is 33.0 Å². The average Bonchev–Trinajstić information content (AvgIpc) is 3.00. The second-order valence-corrected chi connectivity index (χ2v) is 9.65. The van der Waals surface area contributed by atoms with Crippen LogP contribution < -0.4 is 0 Å². The smallest absolute Gasteiger partial charge is 0.121 e. The molecule has 0 N–H and O–H groups in total. The summed E-state index contributed by atoms with van der Waals surface area (Å²) in [6, 6.07) is 40.5. The normalized spacial score (nSPS) is 20.6. The van der Waals surface area contributed by atoms with Crippen LogP contribution in [0.4, 0.5) is 0 Å². The Bertz CT molecular complexity index is 1250. The topological polar surface area (TPSA) is 49.3 Å². The molecule has 0 bridgehead atoms. The zero-order valence-corrected chi connectivity index (χ0v) is 22.0. The second-order valence-electron chi connectivity index (χ2n) is 9.65. The molecule has 1 aliphatic heterocycles. The molecular weight excluding hydrogens is 486 g/mol. The molecule has 0 amide bonds. The van der Waals surface area contributed by atoms with Crippen LogP contribution in [-0.2, 0) is 45.4 Å². The molecule has 0 aliphatic carbocycles. The van der Waals surface area contributed by atoms with Gasteiger partial charge in [-0.3, -0.25) is 4.99 Å². The largest absolute Gasteiger partial charge is 0.374 e. The van der Waals surface area contributed by atoms with E-state index in [1.807, 2.05) is 79.0 Å². The van der Waals surface area contributed by atoms with Crippen molar-refractivity contribution in [1.29, 1.82) is 0 Å². The molecule has 0 unspecified atom stereocenters. The summed E-state index contributed by atoms with van der Waals surface area (Å²) in [5.41, 5.74) is 4.42. The molecule has 5 rings (SSSR count). The van der Waals surface area contributed by atoms with Crippen molar-refractivity contribution in [2.75, 3.05) is 6.61 Å². The molecule has 39 heavy (non-hydrogen) atoms. The first-order valence-electron chi connectivity index (χ1n) is 13.5. The van der Waals surface area contributed by atoms with E-state index in [-0.39, 0.29) is 24.4 Å². The van der Waals surface area contributed by atoms with Crippen molar-refractivity contribution >= 4 is 6.21 Å². The molecule has 4 aromatic carbocycles. The minimum Gasteiger partial charge on any atom is -0.374 e. The predicted octanol–water partition coefficient (Wildman–Crippen LogP) is 6.41. The first-order chi connectivity index (χ1) is 19.3. The van der Waals surface area contributed by atoms with E-state index in [2.05, 4.69) is 48.5 Å². The quantitative estimate of drug-likeness (QED) is 0.204. The second kappa shape index (κ2) is 14.5. The van der Waals surface area contributed by atoms with Crippen LogP contribution in [0, 0.1) is 0 Å². The molecular formula is C34H35NO4. The summed E-state index contributed by atoms with van der Waals surface area (Å²) in [5.74, 6) is 0. The third kappa shape index (κ3) is 8.19. The van der Waals surface area contributed by atoms with E-state index in [0.717, 1.165) is 22.3 Å². The number of ether oxygens (including phenoxy) is 4. The summed E-state index contributed by atoms with van der Waals surface area (Å²) in [7, 11) is 0. The third-order valence-electron chi connectivity index (χ3n) is 6.71. The first kappa shape index (κ1) is 27.0. The molecule has 5 heteroatoms. The van der Waals surface area contributed by atoms with Crippen molar-refractivity contribution in [3.63, 3.8) is 0 Å². The Balaban J connectivity index is 1.34. The fourth-order valence-corrected chi connectivity index (χ4v) is 4.61. The van der Waals surface area contributed by atoms with Gasteiger partial charge in [-0.15, -0.1) is 0 Å². The van der Waals surface area contributed by atoms with Crippen LogP contribution in [-0.4, -0.2) is 37.2 Å². The summed E-state index contributed by atoms with van der Waals surface area (Å²) < 4.78 is 25.6. The van der Waals surface area contributed by atoms with Crippen LogP contribution in [0.3, 0.4) is 0 Å². The van der Waals surface area contributed by atoms with Crippen LogP contribution in [0.25, 0.3) is 0 Å². The Morgan fingerprint density at radius 3 is 1.36 bits per heavy atom. The Morgan fingerprint density at radius 2 is 0.872 bits per heavy atom. The van der Waals surface area contributed by atoms with Gasteiger partial charge in [-0.25, -0.2) is 0 Å². The molecule has 4 atom stereocenters. The van der Waals surface area contributed by atoms with Gasteiger partial charge >= 0.3 is 0 Å². The Kier molecular flexibility index (Phi) is 10.0. The lowest BCUT2D eigenvalue weighted by Gasteiger charge is -2.38. The highest BCUT2D eigenvalue weighted by molar-refractivity contribution is 5.66. The number of aliphatic imine (C=N–C) groups is 1. The minimum atomic E-state index is -0.361. The van der Waals surface area contributed by atoms with Crippen molar-refractivity contribution in [1.82, 2.24) is 0 Å². The van der Waals surface area contributed by atoms with E-state index >= 15 is 0 Å². The van der Waals surface area contributed by atoms with Gasteiger partial charge in [0.05, 0.1) is 33.0 Å². The summed E-state index contributed by atoms with van der Waals surface area (Å²) in [6.45, 7) is 2.30. The van der Waals surface area contributed by atoms with E-state index in [1.165, 1.54) is 0 Å². The van der Waals surface area contributed by atoms with Crippen LogP contribution in [0.1, 0.15) is 22.3 Å². The van der Waals surface area contributed by atoms with Crippen LogP contribution in [0.5, 0.6) is 0 Å². The van der Waals surface area contributed by atoms with E-state index in [9.17, 15) is 0 Å². The van der Waals surface area contributed by atoms with Crippen molar-refractivity contribution in [2.45, 2.75) is 50.8 Å². The summed E-state index contributed by atoms with van der Waals surface area (Å²) in [5, 5.41) is 0. The number of rotatable bonds is 13. The number of nitrogens with zero attached hydrogens (tertiary/aromatic N) is 1. The Morgan fingerprint density at radius 1 is 0.462 bits per heavy atom. The monoisotopic (exact) mass is 521 g/mol. The van der Waals surface area contributed by atoms with Gasteiger partial charge in [0, 0.05) is 6.21 Å². The molecule has 4 aromatic rings.